The van der Waals surface area contributed by atoms with Gasteiger partial charge in [-0.3, -0.25) is 4.79 Å². The summed E-state index contributed by atoms with van der Waals surface area (Å²) in [5.41, 5.74) is 1.35. The highest BCUT2D eigenvalue weighted by Crippen LogP contribution is 2.23. The van der Waals surface area contributed by atoms with Gasteiger partial charge in [-0.15, -0.1) is 5.10 Å². The van der Waals surface area contributed by atoms with Gasteiger partial charge in [0.15, 0.2) is 0 Å². The lowest BCUT2D eigenvalue weighted by molar-refractivity contribution is -0.140. The number of aromatic nitrogens is 3. The molecule has 0 aliphatic carbocycles. The molecule has 1 heterocycles. The Labute approximate surface area is 105 Å². The number of para-hydroxylation sites is 1. The van der Waals surface area contributed by atoms with E-state index >= 15 is 0 Å². The van der Waals surface area contributed by atoms with Crippen LogP contribution in [-0.4, -0.2) is 26.1 Å². The predicted molar refractivity (Wildman–Crippen MR) is 66.6 cm³/mol. The number of carboxylic acid groups (broad SMARTS) is 1. The normalized spacial score (nSPS) is 12.6. The Morgan fingerprint density at radius 3 is 2.50 bits per heavy atom. The van der Waals surface area contributed by atoms with Gasteiger partial charge in [-0.2, -0.15) is 0 Å². The van der Waals surface area contributed by atoms with Gasteiger partial charge in [0.1, 0.15) is 5.92 Å². The number of hydrogen-bond acceptors (Lipinski definition) is 3. The lowest BCUT2D eigenvalue weighted by atomic mass is 9.93. The quantitative estimate of drug-likeness (QED) is 0.895. The lowest BCUT2D eigenvalue weighted by Crippen LogP contribution is -2.17. The molecule has 0 saturated carbocycles. The van der Waals surface area contributed by atoms with E-state index in [0.717, 1.165) is 5.69 Å². The second-order valence-corrected chi connectivity index (χ2v) is 4.48. The molecule has 0 radical (unpaired) electrons. The highest BCUT2D eigenvalue weighted by atomic mass is 16.4. The summed E-state index contributed by atoms with van der Waals surface area (Å²) in [6.45, 7) is 3.72. The van der Waals surface area contributed by atoms with E-state index in [1.54, 1.807) is 10.9 Å². The molecule has 5 heteroatoms. The Morgan fingerprint density at radius 2 is 1.94 bits per heavy atom. The van der Waals surface area contributed by atoms with Crippen molar-refractivity contribution >= 4 is 5.97 Å². The molecular formula is C13H15N3O2. The van der Waals surface area contributed by atoms with Gasteiger partial charge in [0.05, 0.1) is 17.6 Å². The number of carbonyl (C=O) groups is 1. The summed E-state index contributed by atoms with van der Waals surface area (Å²) in [7, 11) is 0. The largest absolute Gasteiger partial charge is 0.481 e. The Bertz CT molecular complexity index is 534. The number of nitrogens with zero attached hydrogens (tertiary/aromatic N) is 3. The third-order valence-corrected chi connectivity index (χ3v) is 2.78. The van der Waals surface area contributed by atoms with E-state index in [1.165, 1.54) is 0 Å². The van der Waals surface area contributed by atoms with Crippen LogP contribution in [0, 0.1) is 5.92 Å². The van der Waals surface area contributed by atoms with Crippen LogP contribution in [-0.2, 0) is 4.79 Å². The van der Waals surface area contributed by atoms with Crippen molar-refractivity contribution in [2.75, 3.05) is 0 Å². The predicted octanol–water partition coefficient (Wildman–Crippen LogP) is 2.09. The van der Waals surface area contributed by atoms with Crippen molar-refractivity contribution in [3.8, 4) is 5.69 Å². The zero-order chi connectivity index (χ0) is 13.1. The lowest BCUT2D eigenvalue weighted by Gasteiger charge is -2.12. The van der Waals surface area contributed by atoms with Crippen molar-refractivity contribution in [1.29, 1.82) is 0 Å². The van der Waals surface area contributed by atoms with E-state index in [9.17, 15) is 9.90 Å². The van der Waals surface area contributed by atoms with Crippen LogP contribution in [0.3, 0.4) is 0 Å². The van der Waals surface area contributed by atoms with Crippen LogP contribution in [0.25, 0.3) is 5.69 Å². The van der Waals surface area contributed by atoms with Gasteiger partial charge in [-0.25, -0.2) is 4.68 Å². The topological polar surface area (TPSA) is 68.0 Å². The second-order valence-electron chi connectivity index (χ2n) is 4.48. The van der Waals surface area contributed by atoms with Gasteiger partial charge < -0.3 is 5.11 Å². The molecule has 1 unspecified atom stereocenters. The maximum absolute atomic E-state index is 11.2. The summed E-state index contributed by atoms with van der Waals surface area (Å²) in [4.78, 5) is 11.2. The standard InChI is InChI=1S/C13H15N3O2/c1-9(2)12(13(17)18)11-8-16(15-14-11)10-6-4-3-5-7-10/h3-9,12H,1-2H3,(H,17,18). The van der Waals surface area contributed by atoms with Crippen molar-refractivity contribution in [3.63, 3.8) is 0 Å². The number of hydrogen-bond donors (Lipinski definition) is 1. The molecule has 0 aliphatic rings. The Morgan fingerprint density at radius 1 is 1.28 bits per heavy atom. The van der Waals surface area contributed by atoms with Crippen LogP contribution in [0.15, 0.2) is 36.5 Å². The Hall–Kier alpha value is -2.17. The van der Waals surface area contributed by atoms with E-state index in [1.807, 2.05) is 44.2 Å². The SMILES string of the molecule is CC(C)C(C(=O)O)c1cn(-c2ccccc2)nn1. The molecule has 1 N–H and O–H groups in total. The molecule has 5 nitrogen and oxygen atoms in total. The third kappa shape index (κ3) is 2.40. The fourth-order valence-electron chi connectivity index (χ4n) is 1.88. The summed E-state index contributed by atoms with van der Waals surface area (Å²) >= 11 is 0. The van der Waals surface area contributed by atoms with Crippen LogP contribution >= 0.6 is 0 Å². The Kier molecular flexibility index (Phi) is 3.41. The van der Waals surface area contributed by atoms with Gasteiger partial charge in [-0.05, 0) is 18.1 Å². The first kappa shape index (κ1) is 12.3. The monoisotopic (exact) mass is 245 g/mol. The Balaban J connectivity index is 2.33. The fourth-order valence-corrected chi connectivity index (χ4v) is 1.88. The molecule has 1 atom stereocenters. The highest BCUT2D eigenvalue weighted by molar-refractivity contribution is 5.75. The maximum Gasteiger partial charge on any atom is 0.312 e. The number of rotatable bonds is 4. The zero-order valence-electron chi connectivity index (χ0n) is 10.3. The summed E-state index contributed by atoms with van der Waals surface area (Å²) in [6, 6.07) is 9.49. The molecule has 0 aliphatic heterocycles. The van der Waals surface area contributed by atoms with E-state index < -0.39 is 11.9 Å². The van der Waals surface area contributed by atoms with E-state index in [-0.39, 0.29) is 5.92 Å². The van der Waals surface area contributed by atoms with E-state index in [4.69, 9.17) is 0 Å². The maximum atomic E-state index is 11.2. The number of benzene rings is 1. The molecule has 2 rings (SSSR count). The van der Waals surface area contributed by atoms with Crippen molar-refractivity contribution in [2.45, 2.75) is 19.8 Å². The van der Waals surface area contributed by atoms with Crippen molar-refractivity contribution < 1.29 is 9.90 Å². The van der Waals surface area contributed by atoms with Crippen LogP contribution in [0.5, 0.6) is 0 Å². The average molecular weight is 245 g/mol. The first-order valence-electron chi connectivity index (χ1n) is 5.80. The molecule has 18 heavy (non-hydrogen) atoms. The van der Waals surface area contributed by atoms with Crippen molar-refractivity contribution in [3.05, 3.63) is 42.2 Å². The van der Waals surface area contributed by atoms with Crippen LogP contribution < -0.4 is 0 Å². The summed E-state index contributed by atoms with van der Waals surface area (Å²) < 4.78 is 1.59. The average Bonchev–Trinajstić information content (AvgIpc) is 2.78. The molecule has 0 amide bonds. The zero-order valence-corrected chi connectivity index (χ0v) is 10.3. The molecule has 0 spiro atoms. The molecule has 1 aromatic heterocycles. The first-order chi connectivity index (χ1) is 8.59. The van der Waals surface area contributed by atoms with E-state index in [0.29, 0.717) is 5.69 Å². The molecule has 94 valence electrons. The summed E-state index contributed by atoms with van der Waals surface area (Å²) in [5, 5.41) is 17.1. The third-order valence-electron chi connectivity index (χ3n) is 2.78. The fraction of sp³-hybridized carbons (Fsp3) is 0.308. The van der Waals surface area contributed by atoms with Gasteiger partial charge in [0.2, 0.25) is 0 Å². The molecule has 0 saturated heterocycles. The van der Waals surface area contributed by atoms with Crippen LogP contribution in [0.4, 0.5) is 0 Å². The van der Waals surface area contributed by atoms with Gasteiger partial charge in [-0.1, -0.05) is 37.3 Å². The second kappa shape index (κ2) is 5.00. The molecule has 0 fully saturated rings. The van der Waals surface area contributed by atoms with Crippen molar-refractivity contribution in [1.82, 2.24) is 15.0 Å². The molecular weight excluding hydrogens is 230 g/mol. The minimum absolute atomic E-state index is 0.0246. The minimum atomic E-state index is -0.870. The van der Waals surface area contributed by atoms with Gasteiger partial charge in [0.25, 0.3) is 0 Å². The first-order valence-corrected chi connectivity index (χ1v) is 5.80. The van der Waals surface area contributed by atoms with Crippen LogP contribution in [0.2, 0.25) is 0 Å². The van der Waals surface area contributed by atoms with Gasteiger partial charge in [0, 0.05) is 0 Å². The molecule has 2 aromatic rings. The summed E-state index contributed by atoms with van der Waals surface area (Å²) in [5.74, 6) is -1.52. The molecule has 1 aromatic carbocycles. The van der Waals surface area contributed by atoms with Crippen LogP contribution in [0.1, 0.15) is 25.5 Å². The number of carboxylic acids is 1. The van der Waals surface area contributed by atoms with Crippen molar-refractivity contribution in [2.24, 2.45) is 5.92 Å². The minimum Gasteiger partial charge on any atom is -0.481 e. The smallest absolute Gasteiger partial charge is 0.312 e. The summed E-state index contributed by atoms with van der Waals surface area (Å²) in [6.07, 6.45) is 1.67. The highest BCUT2D eigenvalue weighted by Gasteiger charge is 2.26. The van der Waals surface area contributed by atoms with Gasteiger partial charge >= 0.3 is 5.97 Å². The van der Waals surface area contributed by atoms with E-state index in [2.05, 4.69) is 10.3 Å². The molecule has 0 bridgehead atoms. The number of aliphatic carboxylic acids is 1.